The van der Waals surface area contributed by atoms with Crippen molar-refractivity contribution < 1.29 is 52.9 Å². The fraction of sp³-hybridized carbons (Fsp3) is 0.700. The Hall–Kier alpha value is -2.27. The number of carbonyl (C=O) groups excluding carboxylic acids is 2. The number of aliphatic hydroxyl groups excluding tert-OH is 2. The third kappa shape index (κ3) is 4.51. The minimum atomic E-state index is -4.76. The van der Waals surface area contributed by atoms with Crippen LogP contribution < -0.4 is 11.0 Å². The smallest absolute Gasteiger partial charge is 0.394 e. The van der Waals surface area contributed by atoms with Crippen LogP contribution in [0.1, 0.15) is 43.3 Å². The molecule has 0 radical (unpaired) electrons. The predicted octanol–water partition coefficient (Wildman–Crippen LogP) is -1.83. The van der Waals surface area contributed by atoms with Crippen molar-refractivity contribution >= 4 is 19.8 Å². The lowest BCUT2D eigenvalue weighted by molar-refractivity contribution is -0.159. The molecule has 9 atom stereocenters. The molecule has 1 unspecified atom stereocenters. The number of phosphoric acid groups is 1. The lowest BCUT2D eigenvalue weighted by atomic mass is 9.87. The van der Waals surface area contributed by atoms with Crippen molar-refractivity contribution in [2.24, 2.45) is 0 Å². The predicted molar refractivity (Wildman–Crippen MR) is 118 cm³/mol. The summed E-state index contributed by atoms with van der Waals surface area (Å²) in [5.74, 6) is -1.02. The Morgan fingerprint density at radius 1 is 1.22 bits per heavy atom. The van der Waals surface area contributed by atoms with Crippen LogP contribution in [-0.2, 0) is 27.9 Å². The van der Waals surface area contributed by atoms with Crippen LogP contribution >= 0.6 is 7.82 Å². The van der Waals surface area contributed by atoms with Gasteiger partial charge in [-0.2, -0.15) is 4.98 Å². The normalized spacial score (nSPS) is 42.1. The number of aromatic nitrogens is 2. The molecule has 17 heteroatoms. The molecule has 16 nitrogen and oxygen atoms in total. The van der Waals surface area contributed by atoms with E-state index in [0.717, 1.165) is 16.4 Å². The van der Waals surface area contributed by atoms with E-state index in [1.165, 1.54) is 6.20 Å². The first-order chi connectivity index (χ1) is 17.3. The molecule has 0 spiro atoms. The van der Waals surface area contributed by atoms with Crippen LogP contribution in [0.25, 0.3) is 0 Å². The number of hydrogen-bond acceptors (Lipinski definition) is 12. The summed E-state index contributed by atoms with van der Waals surface area (Å²) in [5, 5.41) is 33.5. The number of phosphoric ester groups is 1. The number of amides is 3. The minimum Gasteiger partial charge on any atom is -0.394 e. The van der Waals surface area contributed by atoms with Crippen LogP contribution in [0.3, 0.4) is 0 Å². The van der Waals surface area contributed by atoms with Crippen molar-refractivity contribution in [1.29, 1.82) is 0 Å². The van der Waals surface area contributed by atoms with E-state index in [2.05, 4.69) is 4.98 Å². The summed E-state index contributed by atoms with van der Waals surface area (Å²) in [6.07, 6.45) is -5.96. The van der Waals surface area contributed by atoms with Gasteiger partial charge < -0.3 is 29.7 Å². The number of hydrogen-bond donors (Lipinski definition) is 5. The average molecular weight is 546 g/mol. The molecule has 6 bridgehead atoms. The van der Waals surface area contributed by atoms with E-state index >= 15 is 0 Å². The number of fused-ring (bicyclic) bond motifs is 5. The van der Waals surface area contributed by atoms with Crippen LogP contribution in [0, 0.1) is 6.92 Å². The van der Waals surface area contributed by atoms with E-state index in [1.807, 2.05) is 5.32 Å². The van der Waals surface area contributed by atoms with Gasteiger partial charge in [-0.05, 0) is 19.4 Å². The quantitative estimate of drug-likeness (QED) is 0.245. The minimum absolute atomic E-state index is 0.0799. The third-order valence-electron chi connectivity index (χ3n) is 7.01. The van der Waals surface area contributed by atoms with Crippen LogP contribution in [0.2, 0.25) is 0 Å². The van der Waals surface area contributed by atoms with Crippen LogP contribution in [0.4, 0.5) is 4.79 Å². The number of carbonyl (C=O) groups is 2. The van der Waals surface area contributed by atoms with Crippen molar-refractivity contribution in [3.63, 3.8) is 0 Å². The van der Waals surface area contributed by atoms with Gasteiger partial charge in [-0.15, -0.1) is 0 Å². The molecule has 0 saturated carbocycles. The number of nitrogens with zero attached hydrogens (tertiary/aromatic N) is 3. The largest absolute Gasteiger partial charge is 0.472 e. The molecule has 3 fully saturated rings. The second-order valence-corrected chi connectivity index (χ2v) is 11.0. The van der Waals surface area contributed by atoms with Gasteiger partial charge in [0.05, 0.1) is 25.0 Å². The number of aliphatic hydroxyl groups is 3. The van der Waals surface area contributed by atoms with E-state index in [-0.39, 0.29) is 18.5 Å². The number of imide groups is 1. The van der Waals surface area contributed by atoms with Gasteiger partial charge >= 0.3 is 19.5 Å². The molecule has 3 amide bonds. The van der Waals surface area contributed by atoms with Gasteiger partial charge in [0.2, 0.25) is 0 Å². The zero-order chi connectivity index (χ0) is 26.9. The highest BCUT2D eigenvalue weighted by atomic mass is 31.2. The number of aryl methyl sites for hydroxylation is 1. The first-order valence-electron chi connectivity index (χ1n) is 11.5. The van der Waals surface area contributed by atoms with E-state index < -0.39 is 87.2 Å². The fourth-order valence-electron chi connectivity index (χ4n) is 5.11. The maximum absolute atomic E-state index is 13.1. The molecule has 3 saturated heterocycles. The van der Waals surface area contributed by atoms with Crippen LogP contribution in [0.15, 0.2) is 11.0 Å². The van der Waals surface area contributed by atoms with Crippen molar-refractivity contribution in [3.8, 4) is 0 Å². The van der Waals surface area contributed by atoms with E-state index in [1.54, 1.807) is 6.92 Å². The lowest BCUT2D eigenvalue weighted by Crippen LogP contribution is -2.67. The highest BCUT2D eigenvalue weighted by molar-refractivity contribution is 7.47. The average Bonchev–Trinajstić information content (AvgIpc) is 3.38. The molecule has 6 heterocycles. The molecule has 5 N–H and O–H groups in total. The molecule has 1 aromatic heterocycles. The summed E-state index contributed by atoms with van der Waals surface area (Å²) >= 11 is 0. The van der Waals surface area contributed by atoms with Gasteiger partial charge in [0.15, 0.2) is 5.60 Å². The summed E-state index contributed by atoms with van der Waals surface area (Å²) in [6, 6.07) is -2.45. The highest BCUT2D eigenvalue weighted by Crippen LogP contribution is 2.49. The van der Waals surface area contributed by atoms with E-state index in [9.17, 15) is 39.2 Å². The van der Waals surface area contributed by atoms with Crippen molar-refractivity contribution in [3.05, 3.63) is 27.9 Å². The molecule has 204 valence electrons. The third-order valence-corrected chi connectivity index (χ3v) is 8.03. The highest BCUT2D eigenvalue weighted by Gasteiger charge is 2.56. The number of urea groups is 1. The maximum atomic E-state index is 13.1. The Morgan fingerprint density at radius 3 is 2.65 bits per heavy atom. The number of rotatable bonds is 1. The van der Waals surface area contributed by atoms with Gasteiger partial charge in [-0.1, -0.05) is 0 Å². The zero-order valence-electron chi connectivity index (χ0n) is 19.8. The van der Waals surface area contributed by atoms with E-state index in [0.29, 0.717) is 5.56 Å². The topological polar surface area (TPSA) is 219 Å². The first-order valence-corrected chi connectivity index (χ1v) is 13.0. The van der Waals surface area contributed by atoms with Gasteiger partial charge in [0.25, 0.3) is 5.91 Å². The summed E-state index contributed by atoms with van der Waals surface area (Å²) in [4.78, 5) is 54.0. The number of ether oxygens (including phenoxy) is 2. The summed E-state index contributed by atoms with van der Waals surface area (Å²) in [7, 11) is -4.76. The Labute approximate surface area is 209 Å². The molecule has 6 rings (SSSR count). The van der Waals surface area contributed by atoms with Crippen molar-refractivity contribution in [2.45, 2.75) is 75.2 Å². The summed E-state index contributed by atoms with van der Waals surface area (Å²) < 4.78 is 35.4. The zero-order valence-corrected chi connectivity index (χ0v) is 20.7. The van der Waals surface area contributed by atoms with Gasteiger partial charge in [-0.3, -0.25) is 28.6 Å². The van der Waals surface area contributed by atoms with Gasteiger partial charge in [0.1, 0.15) is 36.8 Å². The molecular formula is C20H27N4O12P. The first kappa shape index (κ1) is 26.3. The van der Waals surface area contributed by atoms with Crippen LogP contribution in [0.5, 0.6) is 0 Å². The maximum Gasteiger partial charge on any atom is 0.472 e. The second-order valence-electron chi connectivity index (χ2n) is 9.60. The number of nitrogens with one attached hydrogen (secondary N) is 1. The molecular weight excluding hydrogens is 519 g/mol. The molecule has 1 aromatic rings. The second kappa shape index (κ2) is 9.18. The van der Waals surface area contributed by atoms with Crippen molar-refractivity contribution in [1.82, 2.24) is 19.8 Å². The molecule has 0 aliphatic carbocycles. The van der Waals surface area contributed by atoms with E-state index in [4.69, 9.17) is 18.5 Å². The molecule has 5 aliphatic heterocycles. The standard InChI is InChI=1S/C20H27N4O12P/c1-8-5-23-13-4-10(11(6-25)34-13)36-37(31,32)33-7-12-9(26)3-14(35-12)24-16(15(8)21-18(23)28)20(2,30)17(27)22-19(24)29/h5,9-14,16,25-26,30H,3-4,6-7H2,1-2H3,(H,31,32)(H,22,27,29)/t9-,10-,11+,12+,13+,14+,16+,20-/m0/s1. The Bertz CT molecular complexity index is 1220. The monoisotopic (exact) mass is 546 g/mol. The Kier molecular flexibility index (Phi) is 6.54. The molecule has 37 heavy (non-hydrogen) atoms. The van der Waals surface area contributed by atoms with Crippen LogP contribution in [-0.4, -0.2) is 96.1 Å². The molecule has 5 aliphatic rings. The van der Waals surface area contributed by atoms with Crippen molar-refractivity contribution in [2.75, 3.05) is 13.2 Å². The molecule has 0 aromatic carbocycles. The Balaban J connectivity index is 1.66. The van der Waals surface area contributed by atoms with Gasteiger partial charge in [-0.25, -0.2) is 14.2 Å². The fourth-order valence-corrected chi connectivity index (χ4v) is 6.07. The Morgan fingerprint density at radius 2 is 1.95 bits per heavy atom. The lowest BCUT2D eigenvalue weighted by Gasteiger charge is -2.45. The SMILES string of the molecule is Cc1cn2c(=O)nc1[C@H]1N(C(=O)NC(=O)[C@@]1(C)O)[C@H]1C[C@H](O)[C@@H](COP(=O)(O)O[C@H]3C[C@H]2O[C@@H]3CO)O1. The van der Waals surface area contributed by atoms with Gasteiger partial charge in [0, 0.05) is 19.0 Å². The summed E-state index contributed by atoms with van der Waals surface area (Å²) in [5.41, 5.74) is -2.92. The summed E-state index contributed by atoms with van der Waals surface area (Å²) in [6.45, 7) is 1.50.